The zero-order valence-corrected chi connectivity index (χ0v) is 14.4. The Hall–Kier alpha value is -2.41. The minimum absolute atomic E-state index is 0.0749. The number of hydrogen-bond acceptors (Lipinski definition) is 6. The largest absolute Gasteiger partial charge is 0.444 e. The third-order valence-electron chi connectivity index (χ3n) is 3.13. The second-order valence-electron chi connectivity index (χ2n) is 6.53. The number of nitrogens with one attached hydrogen (secondary N) is 1. The smallest absolute Gasteiger partial charge is 0.410 e. The van der Waals surface area contributed by atoms with Crippen LogP contribution in [-0.4, -0.2) is 26.9 Å². The van der Waals surface area contributed by atoms with Crippen molar-refractivity contribution >= 4 is 6.09 Å². The second-order valence-corrected chi connectivity index (χ2v) is 6.53. The fraction of sp³-hybridized carbons (Fsp3) is 0.471. The fourth-order valence-electron chi connectivity index (χ4n) is 2.15. The molecule has 1 unspecified atom stereocenters. The molecule has 0 saturated carbocycles. The van der Waals surface area contributed by atoms with Crippen molar-refractivity contribution in [3.8, 4) is 11.4 Å². The SMILES string of the molecule is CCCC(O)(NC(=O)OC(C)(C)C)c1nc(-c2ccccc2)no1. The van der Waals surface area contributed by atoms with Gasteiger partial charge in [-0.05, 0) is 20.8 Å². The van der Waals surface area contributed by atoms with Crippen molar-refractivity contribution in [2.24, 2.45) is 0 Å². The first-order chi connectivity index (χ1) is 11.2. The van der Waals surface area contributed by atoms with Crippen LogP contribution < -0.4 is 5.32 Å². The van der Waals surface area contributed by atoms with E-state index in [-0.39, 0.29) is 12.3 Å². The molecule has 130 valence electrons. The van der Waals surface area contributed by atoms with E-state index in [0.29, 0.717) is 12.2 Å². The van der Waals surface area contributed by atoms with Crippen LogP contribution in [0.4, 0.5) is 4.79 Å². The Morgan fingerprint density at radius 2 is 1.96 bits per heavy atom. The van der Waals surface area contributed by atoms with Crippen molar-refractivity contribution in [3.05, 3.63) is 36.2 Å². The number of benzene rings is 1. The summed E-state index contributed by atoms with van der Waals surface area (Å²) in [6.07, 6.45) is 0.0517. The van der Waals surface area contributed by atoms with Crippen molar-refractivity contribution in [3.63, 3.8) is 0 Å². The molecule has 0 aliphatic rings. The molecule has 1 heterocycles. The molecule has 7 heteroatoms. The van der Waals surface area contributed by atoms with E-state index in [1.165, 1.54) is 0 Å². The van der Waals surface area contributed by atoms with E-state index >= 15 is 0 Å². The van der Waals surface area contributed by atoms with E-state index in [0.717, 1.165) is 5.56 Å². The predicted molar refractivity (Wildman–Crippen MR) is 87.9 cm³/mol. The number of amides is 1. The Kier molecular flexibility index (Phi) is 5.23. The lowest BCUT2D eigenvalue weighted by Crippen LogP contribution is -2.48. The minimum Gasteiger partial charge on any atom is -0.444 e. The zero-order chi connectivity index (χ0) is 17.8. The minimum atomic E-state index is -1.78. The molecule has 0 saturated heterocycles. The average molecular weight is 333 g/mol. The summed E-state index contributed by atoms with van der Waals surface area (Å²) in [4.78, 5) is 16.2. The van der Waals surface area contributed by atoms with Gasteiger partial charge in [-0.15, -0.1) is 0 Å². The lowest BCUT2D eigenvalue weighted by Gasteiger charge is -2.27. The topological polar surface area (TPSA) is 97.5 Å². The van der Waals surface area contributed by atoms with Crippen LogP contribution >= 0.6 is 0 Å². The van der Waals surface area contributed by atoms with E-state index in [1.54, 1.807) is 20.8 Å². The maximum atomic E-state index is 12.0. The van der Waals surface area contributed by atoms with Crippen molar-refractivity contribution in [1.82, 2.24) is 15.5 Å². The first kappa shape index (κ1) is 17.9. The second kappa shape index (κ2) is 7.00. The molecule has 2 N–H and O–H groups in total. The summed E-state index contributed by atoms with van der Waals surface area (Å²) in [7, 11) is 0. The van der Waals surface area contributed by atoms with Gasteiger partial charge in [0.05, 0.1) is 0 Å². The van der Waals surface area contributed by atoms with E-state index < -0.39 is 17.4 Å². The highest BCUT2D eigenvalue weighted by Gasteiger charge is 2.38. The van der Waals surface area contributed by atoms with Gasteiger partial charge in [-0.2, -0.15) is 4.98 Å². The maximum absolute atomic E-state index is 12.0. The molecule has 0 spiro atoms. The summed E-state index contributed by atoms with van der Waals surface area (Å²) in [5, 5.41) is 17.1. The Labute approximate surface area is 141 Å². The highest BCUT2D eigenvalue weighted by molar-refractivity contribution is 5.68. The molecule has 0 bridgehead atoms. The molecule has 0 aliphatic heterocycles. The quantitative estimate of drug-likeness (QED) is 0.815. The number of hydrogen-bond donors (Lipinski definition) is 2. The molecule has 7 nitrogen and oxygen atoms in total. The number of carbonyl (C=O) groups is 1. The first-order valence-electron chi connectivity index (χ1n) is 7.86. The average Bonchev–Trinajstić information content (AvgIpc) is 2.96. The van der Waals surface area contributed by atoms with Gasteiger partial charge in [0.1, 0.15) is 5.60 Å². The van der Waals surface area contributed by atoms with E-state index in [2.05, 4.69) is 15.5 Å². The van der Waals surface area contributed by atoms with Crippen LogP contribution in [0.3, 0.4) is 0 Å². The highest BCUT2D eigenvalue weighted by atomic mass is 16.6. The van der Waals surface area contributed by atoms with E-state index in [9.17, 15) is 9.90 Å². The van der Waals surface area contributed by atoms with Crippen LogP contribution in [0.25, 0.3) is 11.4 Å². The number of ether oxygens (including phenoxy) is 1. The third-order valence-corrected chi connectivity index (χ3v) is 3.13. The van der Waals surface area contributed by atoms with Gasteiger partial charge in [0.15, 0.2) is 0 Å². The van der Waals surface area contributed by atoms with Crippen LogP contribution in [0.2, 0.25) is 0 Å². The molecule has 1 amide bonds. The molecule has 1 aromatic heterocycles. The summed E-state index contributed by atoms with van der Waals surface area (Å²) in [5.74, 6) is 0.264. The number of rotatable bonds is 5. The van der Waals surface area contributed by atoms with Gasteiger partial charge in [-0.25, -0.2) is 4.79 Å². The summed E-state index contributed by atoms with van der Waals surface area (Å²) >= 11 is 0. The van der Waals surface area contributed by atoms with Crippen molar-refractivity contribution in [1.29, 1.82) is 0 Å². The molecule has 0 fully saturated rings. The molecular formula is C17H23N3O4. The van der Waals surface area contributed by atoms with Crippen LogP contribution in [0.5, 0.6) is 0 Å². The number of alkyl carbamates (subject to hydrolysis) is 1. The molecule has 24 heavy (non-hydrogen) atoms. The Morgan fingerprint density at radius 3 is 2.54 bits per heavy atom. The maximum Gasteiger partial charge on any atom is 0.410 e. The van der Waals surface area contributed by atoms with Gasteiger partial charge in [0.25, 0.3) is 5.89 Å². The summed E-state index contributed by atoms with van der Waals surface area (Å²) in [6.45, 7) is 7.10. The van der Waals surface area contributed by atoms with Crippen LogP contribution in [0.1, 0.15) is 46.4 Å². The summed E-state index contributed by atoms with van der Waals surface area (Å²) in [6, 6.07) is 9.23. The molecule has 1 aromatic carbocycles. The molecule has 2 rings (SSSR count). The van der Waals surface area contributed by atoms with Gasteiger partial charge < -0.3 is 14.4 Å². The van der Waals surface area contributed by atoms with Gasteiger partial charge >= 0.3 is 6.09 Å². The summed E-state index contributed by atoms with van der Waals surface area (Å²) in [5.41, 5.74) is -1.71. The number of aliphatic hydroxyl groups is 1. The number of aromatic nitrogens is 2. The van der Waals surface area contributed by atoms with Crippen molar-refractivity contribution in [2.45, 2.75) is 51.9 Å². The van der Waals surface area contributed by atoms with Crippen molar-refractivity contribution < 1.29 is 19.2 Å². The summed E-state index contributed by atoms with van der Waals surface area (Å²) < 4.78 is 10.4. The standard InChI is InChI=1S/C17H23N3O4/c1-5-11-17(22,19-15(21)23-16(2,3)4)14-18-13(20-24-14)12-9-7-6-8-10-12/h6-10,22H,5,11H2,1-4H3,(H,19,21). The van der Waals surface area contributed by atoms with Crippen LogP contribution in [0.15, 0.2) is 34.9 Å². The Morgan fingerprint density at radius 1 is 1.29 bits per heavy atom. The monoisotopic (exact) mass is 333 g/mol. The molecule has 0 aliphatic carbocycles. The number of carbonyl (C=O) groups excluding carboxylic acids is 1. The first-order valence-corrected chi connectivity index (χ1v) is 7.86. The number of nitrogens with zero attached hydrogens (tertiary/aromatic N) is 2. The van der Waals surface area contributed by atoms with E-state index in [4.69, 9.17) is 9.26 Å². The highest BCUT2D eigenvalue weighted by Crippen LogP contribution is 2.25. The van der Waals surface area contributed by atoms with Gasteiger partial charge in [-0.1, -0.05) is 48.8 Å². The zero-order valence-electron chi connectivity index (χ0n) is 14.4. The molecule has 0 radical (unpaired) electrons. The van der Waals surface area contributed by atoms with Crippen LogP contribution in [-0.2, 0) is 10.5 Å². The van der Waals surface area contributed by atoms with Crippen LogP contribution in [0, 0.1) is 0 Å². The van der Waals surface area contributed by atoms with Gasteiger partial charge in [-0.3, -0.25) is 5.32 Å². The lowest BCUT2D eigenvalue weighted by molar-refractivity contribution is -0.0449. The molecule has 1 atom stereocenters. The van der Waals surface area contributed by atoms with Gasteiger partial charge in [0, 0.05) is 12.0 Å². The molecule has 2 aromatic rings. The molecular weight excluding hydrogens is 310 g/mol. The normalized spacial score (nSPS) is 14.0. The predicted octanol–water partition coefficient (Wildman–Crippen LogP) is 3.21. The van der Waals surface area contributed by atoms with E-state index in [1.807, 2.05) is 37.3 Å². The van der Waals surface area contributed by atoms with Gasteiger partial charge in [0.2, 0.25) is 11.5 Å². The fourth-order valence-corrected chi connectivity index (χ4v) is 2.15. The Bertz CT molecular complexity index is 679. The third kappa shape index (κ3) is 4.55. The Balaban J connectivity index is 2.23. The van der Waals surface area contributed by atoms with Crippen molar-refractivity contribution in [2.75, 3.05) is 0 Å². The lowest BCUT2D eigenvalue weighted by atomic mass is 10.1.